The molecule has 0 aliphatic heterocycles. The number of aromatic nitrogens is 3. The molecule has 0 radical (unpaired) electrons. The lowest BCUT2D eigenvalue weighted by molar-refractivity contribution is -0.119. The number of pyridine rings is 1. The highest BCUT2D eigenvalue weighted by Gasteiger charge is 2.56. The molecule has 166 valence electrons. The average Bonchev–Trinajstić information content (AvgIpc) is 2.73. The van der Waals surface area contributed by atoms with E-state index >= 15 is 0 Å². The van der Waals surface area contributed by atoms with E-state index in [2.05, 4.69) is 52.1 Å². The van der Waals surface area contributed by atoms with Crippen molar-refractivity contribution in [3.05, 3.63) is 50.1 Å². The molecule has 2 aromatic heterocycles. The number of hydrogen-bond acceptors (Lipinski definition) is 5. The minimum atomic E-state index is -0.292. The number of nitrogens with zero attached hydrogens (tertiary/aromatic N) is 3. The third-order valence-corrected chi connectivity index (χ3v) is 8.46. The van der Waals surface area contributed by atoms with E-state index in [9.17, 15) is 9.59 Å². The molecule has 6 nitrogen and oxygen atoms in total. The van der Waals surface area contributed by atoms with E-state index < -0.39 is 0 Å². The van der Waals surface area contributed by atoms with Crippen LogP contribution in [0.1, 0.15) is 45.6 Å². The van der Waals surface area contributed by atoms with E-state index in [4.69, 9.17) is 11.6 Å². The molecule has 0 amide bonds. The Labute approximate surface area is 195 Å². The van der Waals surface area contributed by atoms with Crippen molar-refractivity contribution in [3.8, 4) is 0 Å². The number of Topliss-reactive ketones (excluding diaryl/α,β-unsaturated/α-hetero) is 1. The molecule has 1 N–H and O–H groups in total. The fourth-order valence-electron chi connectivity index (χ4n) is 5.35. The maximum Gasteiger partial charge on any atom is 0.283 e. The molecule has 2 heterocycles. The van der Waals surface area contributed by atoms with E-state index in [1.165, 1.54) is 11.1 Å². The van der Waals surface area contributed by atoms with Gasteiger partial charge in [-0.05, 0) is 76.1 Å². The molecule has 3 aliphatic carbocycles. The van der Waals surface area contributed by atoms with Crippen LogP contribution in [-0.2, 0) is 17.8 Å². The number of hydrogen-bond donors (Lipinski definition) is 1. The lowest BCUT2D eigenvalue weighted by atomic mass is 9.45. The Balaban J connectivity index is 1.38. The minimum Gasteiger partial charge on any atom is -0.380 e. The van der Waals surface area contributed by atoms with Crippen molar-refractivity contribution in [2.24, 2.45) is 23.2 Å². The molecule has 4 atom stereocenters. The normalized spacial score (nSPS) is 26.2. The van der Waals surface area contributed by atoms with Gasteiger partial charge in [0.1, 0.15) is 16.2 Å². The zero-order valence-electron chi connectivity index (χ0n) is 18.1. The number of carbonyl (C=O) groups is 1. The zero-order valence-corrected chi connectivity index (χ0v) is 20.4. The largest absolute Gasteiger partial charge is 0.380 e. The summed E-state index contributed by atoms with van der Waals surface area (Å²) in [6, 6.07) is 3.91. The molecular weight excluding hydrogens is 480 g/mol. The number of halogens is 2. The Hall–Kier alpha value is -1.73. The first-order chi connectivity index (χ1) is 14.7. The highest BCUT2D eigenvalue weighted by molar-refractivity contribution is 9.10. The summed E-state index contributed by atoms with van der Waals surface area (Å²) in [6.07, 6.45) is 6.55. The Morgan fingerprint density at radius 1 is 1.39 bits per heavy atom. The molecule has 0 saturated heterocycles. The minimum absolute atomic E-state index is 0.0469. The van der Waals surface area contributed by atoms with Gasteiger partial charge in [0.2, 0.25) is 0 Å². The number of ketones is 1. The van der Waals surface area contributed by atoms with E-state index in [1.807, 2.05) is 6.07 Å². The molecule has 31 heavy (non-hydrogen) atoms. The van der Waals surface area contributed by atoms with Crippen LogP contribution in [0.4, 0.5) is 5.69 Å². The smallest absolute Gasteiger partial charge is 0.283 e. The summed E-state index contributed by atoms with van der Waals surface area (Å²) in [7, 11) is 0. The molecule has 0 aromatic carbocycles. The van der Waals surface area contributed by atoms with Crippen molar-refractivity contribution in [2.45, 2.75) is 59.0 Å². The van der Waals surface area contributed by atoms with Gasteiger partial charge in [-0.25, -0.2) is 9.67 Å². The van der Waals surface area contributed by atoms with Gasteiger partial charge in [0.25, 0.3) is 5.56 Å². The van der Waals surface area contributed by atoms with E-state index in [1.54, 1.807) is 18.5 Å². The van der Waals surface area contributed by atoms with Crippen LogP contribution in [0.3, 0.4) is 0 Å². The standard InChI is InChI=1S/C23H28BrClN4O2/c1-13-17-9-15(23(17,2)3)10-18(13)28-19-11-27-29(22(31)21(19)24)12-16(30)5-4-14-6-7-26-20(25)8-14/h6-8,11,13,15,17-18,28H,4-5,9-10,12H2,1-3H3/t13-,15+,17-,18-/m1/s1. The zero-order chi connectivity index (χ0) is 22.3. The SMILES string of the molecule is C[C@@H]1[C@H]2C[C@@H](C[C@H]1Nc1cnn(CC(=O)CCc3ccnc(Cl)c3)c(=O)c1Br)C2(C)C. The summed E-state index contributed by atoms with van der Waals surface area (Å²) >= 11 is 9.31. The Morgan fingerprint density at radius 3 is 2.84 bits per heavy atom. The molecular formula is C23H28BrClN4O2. The third-order valence-electron chi connectivity index (χ3n) is 7.49. The van der Waals surface area contributed by atoms with Gasteiger partial charge in [0.05, 0.1) is 11.9 Å². The maximum absolute atomic E-state index is 12.8. The van der Waals surface area contributed by atoms with Crippen molar-refractivity contribution < 1.29 is 4.79 Å². The maximum atomic E-state index is 12.8. The molecule has 0 spiro atoms. The molecule has 0 unspecified atom stereocenters. The fourth-order valence-corrected chi connectivity index (χ4v) is 5.96. The Morgan fingerprint density at radius 2 is 2.16 bits per heavy atom. The highest BCUT2D eigenvalue weighted by Crippen LogP contribution is 2.61. The first kappa shape index (κ1) is 22.5. The van der Waals surface area contributed by atoms with Gasteiger partial charge < -0.3 is 5.32 Å². The van der Waals surface area contributed by atoms with Gasteiger partial charge >= 0.3 is 0 Å². The van der Waals surface area contributed by atoms with E-state index in [0.717, 1.165) is 17.9 Å². The second-order valence-corrected chi connectivity index (χ2v) is 10.7. The van der Waals surface area contributed by atoms with Crippen molar-refractivity contribution in [3.63, 3.8) is 0 Å². The van der Waals surface area contributed by atoms with Crippen molar-refractivity contribution >= 4 is 39.0 Å². The number of fused-ring (bicyclic) bond motifs is 2. The molecule has 3 fully saturated rings. The van der Waals surface area contributed by atoms with E-state index in [0.29, 0.717) is 51.4 Å². The summed E-state index contributed by atoms with van der Waals surface area (Å²) in [4.78, 5) is 29.1. The van der Waals surface area contributed by atoms with Gasteiger partial charge in [-0.15, -0.1) is 0 Å². The lowest BCUT2D eigenvalue weighted by Crippen LogP contribution is -2.58. The van der Waals surface area contributed by atoms with Crippen LogP contribution in [-0.4, -0.2) is 26.6 Å². The monoisotopic (exact) mass is 506 g/mol. The topological polar surface area (TPSA) is 76.9 Å². The second-order valence-electron chi connectivity index (χ2n) is 9.57. The molecule has 2 aromatic rings. The molecule has 8 heteroatoms. The first-order valence-electron chi connectivity index (χ1n) is 10.8. The molecule has 5 rings (SSSR count). The molecule has 3 saturated carbocycles. The van der Waals surface area contributed by atoms with Gasteiger partial charge in [-0.1, -0.05) is 32.4 Å². The lowest BCUT2D eigenvalue weighted by Gasteiger charge is -2.62. The highest BCUT2D eigenvalue weighted by atomic mass is 79.9. The predicted molar refractivity (Wildman–Crippen MR) is 125 cm³/mol. The van der Waals surface area contributed by atoms with Crippen molar-refractivity contribution in [2.75, 3.05) is 5.32 Å². The third kappa shape index (κ3) is 4.44. The first-order valence-corrected chi connectivity index (χ1v) is 12.0. The predicted octanol–water partition coefficient (Wildman–Crippen LogP) is 4.74. The summed E-state index contributed by atoms with van der Waals surface area (Å²) in [5.74, 6) is 1.92. The Bertz CT molecular complexity index is 1050. The summed E-state index contributed by atoms with van der Waals surface area (Å²) in [6.45, 7) is 7.00. The van der Waals surface area contributed by atoms with Crippen LogP contribution in [0, 0.1) is 23.2 Å². The Kier molecular flexibility index (Phi) is 6.28. The number of rotatable bonds is 7. The van der Waals surface area contributed by atoms with Gasteiger partial charge in [-0.2, -0.15) is 5.10 Å². The summed E-state index contributed by atoms with van der Waals surface area (Å²) < 4.78 is 1.66. The number of anilines is 1. The van der Waals surface area contributed by atoms with Crippen LogP contribution in [0.5, 0.6) is 0 Å². The van der Waals surface area contributed by atoms with E-state index in [-0.39, 0.29) is 17.9 Å². The quantitative estimate of drug-likeness (QED) is 0.548. The van der Waals surface area contributed by atoms with Crippen LogP contribution >= 0.6 is 27.5 Å². The summed E-state index contributed by atoms with van der Waals surface area (Å²) in [5, 5.41) is 8.21. The molecule has 3 aliphatic rings. The molecule has 2 bridgehead atoms. The van der Waals surface area contributed by atoms with Crippen LogP contribution < -0.4 is 10.9 Å². The van der Waals surface area contributed by atoms with Crippen molar-refractivity contribution in [1.29, 1.82) is 0 Å². The number of nitrogens with one attached hydrogen (secondary N) is 1. The van der Waals surface area contributed by atoms with Gasteiger partial charge in [-0.3, -0.25) is 9.59 Å². The number of carbonyl (C=O) groups excluding carboxylic acids is 1. The second kappa shape index (κ2) is 8.66. The van der Waals surface area contributed by atoms with Crippen LogP contribution in [0.15, 0.2) is 33.8 Å². The van der Waals surface area contributed by atoms with Crippen LogP contribution in [0.25, 0.3) is 0 Å². The van der Waals surface area contributed by atoms with Crippen molar-refractivity contribution in [1.82, 2.24) is 14.8 Å². The summed E-state index contributed by atoms with van der Waals surface area (Å²) in [5.41, 5.74) is 1.77. The average molecular weight is 508 g/mol. The fraction of sp³-hybridized carbons (Fsp3) is 0.565. The number of aryl methyl sites for hydroxylation is 1. The van der Waals surface area contributed by atoms with Gasteiger partial charge in [0, 0.05) is 18.7 Å². The van der Waals surface area contributed by atoms with Gasteiger partial charge in [0.15, 0.2) is 5.78 Å². The van der Waals surface area contributed by atoms with Crippen LogP contribution in [0.2, 0.25) is 5.15 Å².